The molecule has 5 nitrogen and oxygen atoms in total. The molecule has 3 rings (SSSR count). The summed E-state index contributed by atoms with van der Waals surface area (Å²) in [5, 5.41) is 4.30. The van der Waals surface area contributed by atoms with Crippen LogP contribution in [-0.4, -0.2) is 26.8 Å². The minimum atomic E-state index is -0.297. The standard InChI is InChI=1S/C21H31N3O2S2/c1-7-24-20(26)17-13(4)14(5)27-19(17)23-21(24)28-15(6)18(25)22-16-10-8-9-11(2)12(16)3/h11-12,15-16H,7-10H2,1-6H3,(H,22,25)/t11-,12-,15+,16+/m0/s1. The number of amides is 1. The number of aromatic nitrogens is 2. The summed E-state index contributed by atoms with van der Waals surface area (Å²) in [4.78, 5) is 32.5. The lowest BCUT2D eigenvalue weighted by molar-refractivity contribution is -0.121. The van der Waals surface area contributed by atoms with Gasteiger partial charge in [0.25, 0.3) is 5.56 Å². The number of aryl methyl sites for hydroxylation is 2. The number of rotatable bonds is 5. The number of hydrogen-bond acceptors (Lipinski definition) is 5. The molecular formula is C21H31N3O2S2. The van der Waals surface area contributed by atoms with Gasteiger partial charge < -0.3 is 5.32 Å². The molecule has 1 aliphatic rings. The largest absolute Gasteiger partial charge is 0.352 e. The van der Waals surface area contributed by atoms with Crippen LogP contribution >= 0.6 is 23.1 Å². The van der Waals surface area contributed by atoms with Gasteiger partial charge in [0.1, 0.15) is 4.83 Å². The topological polar surface area (TPSA) is 64.0 Å². The Morgan fingerprint density at radius 1 is 1.36 bits per heavy atom. The molecule has 1 fully saturated rings. The summed E-state index contributed by atoms with van der Waals surface area (Å²) in [6.07, 6.45) is 3.46. The van der Waals surface area contributed by atoms with Crippen LogP contribution in [0.2, 0.25) is 0 Å². The van der Waals surface area contributed by atoms with Gasteiger partial charge in [0.2, 0.25) is 5.91 Å². The summed E-state index contributed by atoms with van der Waals surface area (Å²) in [7, 11) is 0. The molecule has 0 spiro atoms. The number of carbonyl (C=O) groups is 1. The molecule has 0 radical (unpaired) electrons. The second-order valence-electron chi connectivity index (χ2n) is 8.05. The molecular weight excluding hydrogens is 390 g/mol. The van der Waals surface area contributed by atoms with Gasteiger partial charge in [-0.15, -0.1) is 11.3 Å². The molecule has 4 atom stereocenters. The van der Waals surface area contributed by atoms with Crippen molar-refractivity contribution in [2.75, 3.05) is 0 Å². The molecule has 2 heterocycles. The van der Waals surface area contributed by atoms with Crippen LogP contribution in [-0.2, 0) is 11.3 Å². The lowest BCUT2D eigenvalue weighted by atomic mass is 9.78. The first-order valence-electron chi connectivity index (χ1n) is 10.2. The zero-order chi connectivity index (χ0) is 20.6. The fourth-order valence-corrected chi connectivity index (χ4v) is 6.03. The zero-order valence-electron chi connectivity index (χ0n) is 17.7. The van der Waals surface area contributed by atoms with Crippen molar-refractivity contribution in [3.8, 4) is 0 Å². The number of thiophene rings is 1. The minimum absolute atomic E-state index is 0.000754. The summed E-state index contributed by atoms with van der Waals surface area (Å²) >= 11 is 2.94. The fraction of sp³-hybridized carbons (Fsp3) is 0.667. The summed E-state index contributed by atoms with van der Waals surface area (Å²) < 4.78 is 1.70. The maximum absolute atomic E-state index is 13.0. The quantitative estimate of drug-likeness (QED) is 0.570. The molecule has 154 valence electrons. The number of hydrogen-bond donors (Lipinski definition) is 1. The number of carbonyl (C=O) groups excluding carboxylic acids is 1. The molecule has 1 saturated carbocycles. The van der Waals surface area contributed by atoms with Crippen LogP contribution < -0.4 is 10.9 Å². The van der Waals surface area contributed by atoms with Crippen molar-refractivity contribution in [2.24, 2.45) is 11.8 Å². The Morgan fingerprint density at radius 2 is 2.07 bits per heavy atom. The Hall–Kier alpha value is -1.34. The van der Waals surface area contributed by atoms with Crippen molar-refractivity contribution in [1.82, 2.24) is 14.9 Å². The Labute approximate surface area is 175 Å². The van der Waals surface area contributed by atoms with E-state index in [0.29, 0.717) is 23.5 Å². The van der Waals surface area contributed by atoms with Crippen LogP contribution in [0.3, 0.4) is 0 Å². The highest BCUT2D eigenvalue weighted by Crippen LogP contribution is 2.31. The van der Waals surface area contributed by atoms with E-state index in [1.54, 1.807) is 15.9 Å². The molecule has 0 bridgehead atoms. The van der Waals surface area contributed by atoms with Gasteiger partial charge in [-0.3, -0.25) is 14.2 Å². The van der Waals surface area contributed by atoms with Gasteiger partial charge >= 0.3 is 0 Å². The van der Waals surface area contributed by atoms with E-state index in [1.165, 1.54) is 24.6 Å². The fourth-order valence-electron chi connectivity index (χ4n) is 3.97. The van der Waals surface area contributed by atoms with Gasteiger partial charge in [-0.25, -0.2) is 4.98 Å². The molecule has 7 heteroatoms. The second kappa shape index (κ2) is 8.57. The van der Waals surface area contributed by atoms with Gasteiger partial charge in [-0.05, 0) is 51.5 Å². The van der Waals surface area contributed by atoms with E-state index in [-0.39, 0.29) is 22.8 Å². The minimum Gasteiger partial charge on any atom is -0.352 e. The van der Waals surface area contributed by atoms with Crippen LogP contribution in [0.1, 0.15) is 57.4 Å². The van der Waals surface area contributed by atoms with E-state index in [1.807, 2.05) is 27.7 Å². The molecule has 1 amide bonds. The number of nitrogens with one attached hydrogen (secondary N) is 1. The third kappa shape index (κ3) is 4.01. The first-order valence-corrected chi connectivity index (χ1v) is 11.9. The Kier molecular flexibility index (Phi) is 6.54. The van der Waals surface area contributed by atoms with Crippen LogP contribution in [0, 0.1) is 25.7 Å². The third-order valence-corrected chi connectivity index (χ3v) is 8.45. The molecule has 1 N–H and O–H groups in total. The summed E-state index contributed by atoms with van der Waals surface area (Å²) in [5.41, 5.74) is 1.02. The van der Waals surface area contributed by atoms with Crippen LogP contribution in [0.5, 0.6) is 0 Å². The van der Waals surface area contributed by atoms with Crippen molar-refractivity contribution in [2.45, 2.75) is 83.8 Å². The van der Waals surface area contributed by atoms with Crippen LogP contribution in [0.25, 0.3) is 10.2 Å². The van der Waals surface area contributed by atoms with E-state index in [2.05, 4.69) is 19.2 Å². The lowest BCUT2D eigenvalue weighted by Gasteiger charge is -2.35. The van der Waals surface area contributed by atoms with Gasteiger partial charge in [0, 0.05) is 17.5 Å². The lowest BCUT2D eigenvalue weighted by Crippen LogP contribution is -2.46. The van der Waals surface area contributed by atoms with Gasteiger partial charge in [-0.1, -0.05) is 38.5 Å². The number of fused-ring (bicyclic) bond motifs is 1. The smallest absolute Gasteiger partial charge is 0.263 e. The van der Waals surface area contributed by atoms with Crippen molar-refractivity contribution in [3.63, 3.8) is 0 Å². The molecule has 28 heavy (non-hydrogen) atoms. The Morgan fingerprint density at radius 3 is 2.75 bits per heavy atom. The second-order valence-corrected chi connectivity index (χ2v) is 10.6. The highest BCUT2D eigenvalue weighted by atomic mass is 32.2. The van der Waals surface area contributed by atoms with Crippen LogP contribution in [0.4, 0.5) is 0 Å². The van der Waals surface area contributed by atoms with Crippen LogP contribution in [0.15, 0.2) is 9.95 Å². The SMILES string of the molecule is CCn1c(S[C@H](C)C(=O)N[C@@H]2CCC[C@H](C)[C@@H]2C)nc2sc(C)c(C)c2c1=O. The van der Waals surface area contributed by atoms with Crippen molar-refractivity contribution < 1.29 is 4.79 Å². The van der Waals surface area contributed by atoms with Gasteiger partial charge in [0.15, 0.2) is 5.16 Å². The Bertz CT molecular complexity index is 934. The van der Waals surface area contributed by atoms with E-state index in [0.717, 1.165) is 27.1 Å². The predicted octanol–water partition coefficient (Wildman–Crippen LogP) is 4.52. The first-order chi connectivity index (χ1) is 13.2. The van der Waals surface area contributed by atoms with Gasteiger partial charge in [0.05, 0.1) is 10.6 Å². The summed E-state index contributed by atoms with van der Waals surface area (Å²) in [6.45, 7) is 12.9. The van der Waals surface area contributed by atoms with Gasteiger partial charge in [-0.2, -0.15) is 0 Å². The Balaban J connectivity index is 1.81. The average molecular weight is 422 g/mol. The number of nitrogens with zero attached hydrogens (tertiary/aromatic N) is 2. The third-order valence-electron chi connectivity index (χ3n) is 6.26. The molecule has 2 aromatic heterocycles. The molecule has 0 aromatic carbocycles. The number of thioether (sulfide) groups is 1. The summed E-state index contributed by atoms with van der Waals surface area (Å²) in [6, 6.07) is 0.241. The van der Waals surface area contributed by atoms with Crippen molar-refractivity contribution >= 4 is 39.2 Å². The maximum atomic E-state index is 13.0. The molecule has 0 saturated heterocycles. The predicted molar refractivity (Wildman–Crippen MR) is 118 cm³/mol. The maximum Gasteiger partial charge on any atom is 0.263 e. The van der Waals surface area contributed by atoms with Crippen molar-refractivity contribution in [3.05, 3.63) is 20.8 Å². The molecule has 2 aromatic rings. The zero-order valence-corrected chi connectivity index (χ0v) is 19.3. The van der Waals surface area contributed by atoms with E-state index in [9.17, 15) is 9.59 Å². The highest BCUT2D eigenvalue weighted by molar-refractivity contribution is 8.00. The summed E-state index contributed by atoms with van der Waals surface area (Å²) in [5.74, 6) is 1.17. The molecule has 1 aliphatic carbocycles. The van der Waals surface area contributed by atoms with Crippen molar-refractivity contribution in [1.29, 1.82) is 0 Å². The van der Waals surface area contributed by atoms with E-state index < -0.39 is 0 Å². The normalized spacial score (nSPS) is 23.7. The average Bonchev–Trinajstić information content (AvgIpc) is 2.93. The van der Waals surface area contributed by atoms with E-state index in [4.69, 9.17) is 4.98 Å². The molecule has 0 unspecified atom stereocenters. The monoisotopic (exact) mass is 421 g/mol. The van der Waals surface area contributed by atoms with E-state index >= 15 is 0 Å². The highest BCUT2D eigenvalue weighted by Gasteiger charge is 2.30. The first kappa shape index (κ1) is 21.4. The molecule has 0 aliphatic heterocycles.